The van der Waals surface area contributed by atoms with E-state index in [0.29, 0.717) is 19.3 Å². The number of hydrogen-bond acceptors (Lipinski definition) is 2. The third-order valence-corrected chi connectivity index (χ3v) is 2.53. The standard InChI is InChI=1S/C9H19NO2/c1-4-7(11)6-9(3,5-2)8(10)12/h7,11H,4-6H2,1-3H3,(H2,10,12). The molecule has 0 spiro atoms. The zero-order valence-electron chi connectivity index (χ0n) is 8.13. The lowest BCUT2D eigenvalue weighted by Gasteiger charge is -2.26. The molecule has 0 aromatic carbocycles. The highest BCUT2D eigenvalue weighted by atomic mass is 16.3. The maximum atomic E-state index is 11.0. The van der Waals surface area contributed by atoms with Crippen LogP contribution in [-0.2, 0) is 4.79 Å². The second kappa shape index (κ2) is 4.45. The molecule has 0 aliphatic carbocycles. The van der Waals surface area contributed by atoms with Gasteiger partial charge in [0, 0.05) is 5.41 Å². The summed E-state index contributed by atoms with van der Waals surface area (Å²) in [6.07, 6.45) is 1.40. The Bertz CT molecular complexity index is 159. The van der Waals surface area contributed by atoms with E-state index in [1.807, 2.05) is 13.8 Å². The Morgan fingerprint density at radius 1 is 1.58 bits per heavy atom. The van der Waals surface area contributed by atoms with Crippen molar-refractivity contribution in [3.05, 3.63) is 0 Å². The average Bonchev–Trinajstić information content (AvgIpc) is 2.03. The molecule has 0 rings (SSSR count). The fourth-order valence-corrected chi connectivity index (χ4v) is 1.08. The normalized spacial score (nSPS) is 18.3. The molecule has 3 nitrogen and oxygen atoms in total. The first-order valence-corrected chi connectivity index (χ1v) is 4.44. The van der Waals surface area contributed by atoms with Gasteiger partial charge in [-0.05, 0) is 19.3 Å². The first kappa shape index (κ1) is 11.4. The summed E-state index contributed by atoms with van der Waals surface area (Å²) >= 11 is 0. The maximum absolute atomic E-state index is 11.0. The fraction of sp³-hybridized carbons (Fsp3) is 0.889. The van der Waals surface area contributed by atoms with Crippen LogP contribution < -0.4 is 5.73 Å². The van der Waals surface area contributed by atoms with Crippen LogP contribution in [-0.4, -0.2) is 17.1 Å². The zero-order valence-corrected chi connectivity index (χ0v) is 8.13. The molecule has 0 aliphatic rings. The molecular formula is C9H19NO2. The van der Waals surface area contributed by atoms with Gasteiger partial charge in [-0.25, -0.2) is 0 Å². The molecule has 0 aromatic rings. The van der Waals surface area contributed by atoms with Crippen molar-refractivity contribution in [1.29, 1.82) is 0 Å². The van der Waals surface area contributed by atoms with Crippen molar-refractivity contribution in [1.82, 2.24) is 0 Å². The molecule has 0 radical (unpaired) electrons. The summed E-state index contributed by atoms with van der Waals surface area (Å²) < 4.78 is 0. The Morgan fingerprint density at radius 3 is 2.33 bits per heavy atom. The number of carbonyl (C=O) groups is 1. The van der Waals surface area contributed by atoms with Gasteiger partial charge in [0.1, 0.15) is 0 Å². The lowest BCUT2D eigenvalue weighted by atomic mass is 9.81. The van der Waals surface area contributed by atoms with E-state index in [1.54, 1.807) is 6.92 Å². The van der Waals surface area contributed by atoms with Crippen LogP contribution in [0.25, 0.3) is 0 Å². The second-order valence-corrected chi connectivity index (χ2v) is 3.54. The van der Waals surface area contributed by atoms with Gasteiger partial charge in [0.2, 0.25) is 5.91 Å². The molecule has 0 heterocycles. The number of hydrogen-bond donors (Lipinski definition) is 2. The zero-order chi connectivity index (χ0) is 9.78. The number of primary amides is 1. The van der Waals surface area contributed by atoms with Crippen LogP contribution >= 0.6 is 0 Å². The van der Waals surface area contributed by atoms with Gasteiger partial charge in [0.15, 0.2) is 0 Å². The molecule has 0 saturated heterocycles. The van der Waals surface area contributed by atoms with Crippen molar-refractivity contribution in [3.8, 4) is 0 Å². The van der Waals surface area contributed by atoms with Crippen LogP contribution in [0.1, 0.15) is 40.0 Å². The van der Waals surface area contributed by atoms with Crippen LogP contribution in [0.5, 0.6) is 0 Å². The third-order valence-electron chi connectivity index (χ3n) is 2.53. The SMILES string of the molecule is CCC(O)CC(C)(CC)C(N)=O. The minimum absolute atomic E-state index is 0.322. The minimum Gasteiger partial charge on any atom is -0.393 e. The summed E-state index contributed by atoms with van der Waals surface area (Å²) in [5, 5.41) is 9.37. The van der Waals surface area contributed by atoms with Crippen LogP contribution in [0.3, 0.4) is 0 Å². The summed E-state index contributed by atoms with van der Waals surface area (Å²) in [6, 6.07) is 0. The lowest BCUT2D eigenvalue weighted by Crippen LogP contribution is -2.36. The van der Waals surface area contributed by atoms with Crippen LogP contribution in [0, 0.1) is 5.41 Å². The van der Waals surface area contributed by atoms with E-state index >= 15 is 0 Å². The van der Waals surface area contributed by atoms with Gasteiger partial charge in [-0.1, -0.05) is 20.8 Å². The lowest BCUT2D eigenvalue weighted by molar-refractivity contribution is -0.128. The number of aliphatic hydroxyl groups is 1. The van der Waals surface area contributed by atoms with Crippen molar-refractivity contribution in [2.75, 3.05) is 0 Å². The monoisotopic (exact) mass is 173 g/mol. The van der Waals surface area contributed by atoms with E-state index in [2.05, 4.69) is 0 Å². The van der Waals surface area contributed by atoms with Crippen molar-refractivity contribution < 1.29 is 9.90 Å². The number of carbonyl (C=O) groups excluding carboxylic acids is 1. The summed E-state index contributed by atoms with van der Waals surface area (Å²) in [7, 11) is 0. The van der Waals surface area contributed by atoms with Crippen LogP contribution in [0.2, 0.25) is 0 Å². The fourth-order valence-electron chi connectivity index (χ4n) is 1.08. The Kier molecular flexibility index (Phi) is 4.24. The molecule has 2 unspecified atom stereocenters. The molecular weight excluding hydrogens is 154 g/mol. The van der Waals surface area contributed by atoms with Gasteiger partial charge in [-0.15, -0.1) is 0 Å². The van der Waals surface area contributed by atoms with Gasteiger partial charge in [0.25, 0.3) is 0 Å². The Hall–Kier alpha value is -0.570. The van der Waals surface area contributed by atoms with E-state index in [4.69, 9.17) is 5.73 Å². The molecule has 1 amide bonds. The van der Waals surface area contributed by atoms with Crippen molar-refractivity contribution >= 4 is 5.91 Å². The quantitative estimate of drug-likeness (QED) is 0.652. The Balaban J connectivity index is 4.23. The predicted molar refractivity (Wildman–Crippen MR) is 48.5 cm³/mol. The van der Waals surface area contributed by atoms with E-state index in [9.17, 15) is 9.90 Å². The maximum Gasteiger partial charge on any atom is 0.223 e. The molecule has 0 aromatic heterocycles. The Labute approximate surface area is 74.0 Å². The molecule has 0 aliphatic heterocycles. The molecule has 3 N–H and O–H groups in total. The summed E-state index contributed by atoms with van der Waals surface area (Å²) in [6.45, 7) is 5.60. The van der Waals surface area contributed by atoms with E-state index < -0.39 is 11.5 Å². The molecule has 3 heteroatoms. The van der Waals surface area contributed by atoms with Crippen LogP contribution in [0.15, 0.2) is 0 Å². The predicted octanol–water partition coefficient (Wildman–Crippen LogP) is 1.05. The summed E-state index contributed by atoms with van der Waals surface area (Å²) in [5.74, 6) is -0.322. The van der Waals surface area contributed by atoms with Gasteiger partial charge >= 0.3 is 0 Å². The highest BCUT2D eigenvalue weighted by molar-refractivity contribution is 5.80. The van der Waals surface area contributed by atoms with Crippen molar-refractivity contribution in [3.63, 3.8) is 0 Å². The highest BCUT2D eigenvalue weighted by Gasteiger charge is 2.30. The van der Waals surface area contributed by atoms with Gasteiger partial charge in [-0.3, -0.25) is 4.79 Å². The third kappa shape index (κ3) is 2.81. The van der Waals surface area contributed by atoms with Gasteiger partial charge in [-0.2, -0.15) is 0 Å². The molecule has 0 fully saturated rings. The van der Waals surface area contributed by atoms with E-state index in [0.717, 1.165) is 0 Å². The topological polar surface area (TPSA) is 63.3 Å². The van der Waals surface area contributed by atoms with Crippen LogP contribution in [0.4, 0.5) is 0 Å². The number of amides is 1. The number of aliphatic hydroxyl groups excluding tert-OH is 1. The molecule has 2 atom stereocenters. The highest BCUT2D eigenvalue weighted by Crippen LogP contribution is 2.27. The molecule has 0 saturated carbocycles. The molecule has 12 heavy (non-hydrogen) atoms. The van der Waals surface area contributed by atoms with Crippen molar-refractivity contribution in [2.24, 2.45) is 11.1 Å². The minimum atomic E-state index is -0.546. The second-order valence-electron chi connectivity index (χ2n) is 3.54. The van der Waals surface area contributed by atoms with E-state index in [-0.39, 0.29) is 5.91 Å². The summed E-state index contributed by atoms with van der Waals surface area (Å²) in [5.41, 5.74) is 4.69. The van der Waals surface area contributed by atoms with Crippen molar-refractivity contribution in [2.45, 2.75) is 46.1 Å². The molecule has 72 valence electrons. The number of rotatable bonds is 5. The number of nitrogens with two attached hydrogens (primary N) is 1. The first-order valence-electron chi connectivity index (χ1n) is 4.44. The first-order chi connectivity index (χ1) is 5.46. The largest absolute Gasteiger partial charge is 0.393 e. The smallest absolute Gasteiger partial charge is 0.223 e. The van der Waals surface area contributed by atoms with Gasteiger partial charge < -0.3 is 10.8 Å². The van der Waals surface area contributed by atoms with Gasteiger partial charge in [0.05, 0.1) is 6.10 Å². The Morgan fingerprint density at radius 2 is 2.08 bits per heavy atom. The summed E-state index contributed by atoms with van der Waals surface area (Å²) in [4.78, 5) is 11.0. The molecule has 0 bridgehead atoms. The van der Waals surface area contributed by atoms with E-state index in [1.165, 1.54) is 0 Å². The average molecular weight is 173 g/mol.